The largest absolute Gasteiger partial charge is 0.396 e. The lowest BCUT2D eigenvalue weighted by molar-refractivity contribution is 0.876. The molecule has 0 bridgehead atoms. The summed E-state index contributed by atoms with van der Waals surface area (Å²) in [6.45, 7) is 2.04. The molecule has 1 aromatic carbocycles. The van der Waals surface area contributed by atoms with E-state index < -0.39 is 0 Å². The summed E-state index contributed by atoms with van der Waals surface area (Å²) in [5, 5.41) is 3.99. The summed E-state index contributed by atoms with van der Waals surface area (Å²) in [5.74, 6) is 0.694. The molecule has 1 unspecified atom stereocenters. The molecule has 1 heterocycles. The Hall–Kier alpha value is -1.74. The summed E-state index contributed by atoms with van der Waals surface area (Å²) in [6, 6.07) is 11.5. The number of halogens is 1. The number of nitrogens with two attached hydrogens (primary N) is 1. The third-order valence-corrected chi connectivity index (χ3v) is 2.78. The van der Waals surface area contributed by atoms with Crippen LogP contribution in [0.1, 0.15) is 18.5 Å². The minimum atomic E-state index is 0.103. The van der Waals surface area contributed by atoms with E-state index in [0.717, 1.165) is 10.6 Å². The van der Waals surface area contributed by atoms with E-state index in [-0.39, 0.29) is 6.04 Å². The molecular formula is C13H14ClN3. The predicted molar refractivity (Wildman–Crippen MR) is 72.1 cm³/mol. The second-order valence-electron chi connectivity index (χ2n) is 3.86. The number of benzene rings is 1. The van der Waals surface area contributed by atoms with Crippen molar-refractivity contribution >= 4 is 23.1 Å². The van der Waals surface area contributed by atoms with Crippen LogP contribution < -0.4 is 11.1 Å². The van der Waals surface area contributed by atoms with Gasteiger partial charge in [0.05, 0.1) is 11.7 Å². The van der Waals surface area contributed by atoms with E-state index in [1.165, 1.54) is 0 Å². The summed E-state index contributed by atoms with van der Waals surface area (Å²) in [7, 11) is 0. The Bertz CT molecular complexity index is 514. The quantitative estimate of drug-likeness (QED) is 0.873. The van der Waals surface area contributed by atoms with Gasteiger partial charge in [-0.2, -0.15) is 0 Å². The zero-order chi connectivity index (χ0) is 12.3. The number of pyridine rings is 1. The average molecular weight is 248 g/mol. The molecule has 2 aromatic rings. The van der Waals surface area contributed by atoms with Gasteiger partial charge in [-0.15, -0.1) is 0 Å². The summed E-state index contributed by atoms with van der Waals surface area (Å²) in [6.07, 6.45) is 1.71. The van der Waals surface area contributed by atoms with E-state index in [9.17, 15) is 0 Å². The first kappa shape index (κ1) is 11.7. The van der Waals surface area contributed by atoms with Gasteiger partial charge in [0.1, 0.15) is 5.82 Å². The van der Waals surface area contributed by atoms with Crippen molar-refractivity contribution in [3.8, 4) is 0 Å². The number of rotatable bonds is 3. The lowest BCUT2D eigenvalue weighted by atomic mass is 10.1. The molecule has 0 radical (unpaired) electrons. The average Bonchev–Trinajstić information content (AvgIpc) is 2.32. The van der Waals surface area contributed by atoms with E-state index >= 15 is 0 Å². The van der Waals surface area contributed by atoms with Crippen molar-refractivity contribution in [2.75, 3.05) is 11.1 Å². The Morgan fingerprint density at radius 1 is 1.29 bits per heavy atom. The summed E-state index contributed by atoms with van der Waals surface area (Å²) in [5.41, 5.74) is 7.57. The fourth-order valence-corrected chi connectivity index (χ4v) is 1.80. The monoisotopic (exact) mass is 247 g/mol. The molecule has 0 saturated heterocycles. The van der Waals surface area contributed by atoms with Gasteiger partial charge in [0.2, 0.25) is 0 Å². The molecule has 3 N–H and O–H groups in total. The Kier molecular flexibility index (Phi) is 3.49. The molecule has 0 aliphatic rings. The lowest BCUT2D eigenvalue weighted by Gasteiger charge is -2.16. The number of hydrogen-bond acceptors (Lipinski definition) is 3. The standard InChI is InChI=1S/C13H14ClN3/c1-9(10-4-2-5-11(14)8-10)17-13-12(15)6-3-7-16-13/h2-9H,15H2,1H3,(H,16,17). The Morgan fingerprint density at radius 2 is 2.12 bits per heavy atom. The van der Waals surface area contributed by atoms with Crippen LogP contribution in [0.2, 0.25) is 5.02 Å². The molecule has 0 aliphatic carbocycles. The molecule has 0 aliphatic heterocycles. The second kappa shape index (κ2) is 5.06. The van der Waals surface area contributed by atoms with Crippen LogP contribution >= 0.6 is 11.6 Å². The first-order valence-electron chi connectivity index (χ1n) is 5.39. The Morgan fingerprint density at radius 3 is 2.82 bits per heavy atom. The van der Waals surface area contributed by atoms with Gasteiger partial charge < -0.3 is 11.1 Å². The zero-order valence-corrected chi connectivity index (χ0v) is 10.3. The van der Waals surface area contributed by atoms with Crippen molar-refractivity contribution in [1.82, 2.24) is 4.98 Å². The van der Waals surface area contributed by atoms with E-state index in [4.69, 9.17) is 17.3 Å². The van der Waals surface area contributed by atoms with Crippen LogP contribution in [0.5, 0.6) is 0 Å². The topological polar surface area (TPSA) is 50.9 Å². The van der Waals surface area contributed by atoms with Gasteiger partial charge in [-0.05, 0) is 36.8 Å². The van der Waals surface area contributed by atoms with Crippen LogP contribution in [0.25, 0.3) is 0 Å². The first-order chi connectivity index (χ1) is 8.16. The molecule has 17 heavy (non-hydrogen) atoms. The number of hydrogen-bond donors (Lipinski definition) is 2. The highest BCUT2D eigenvalue weighted by Gasteiger charge is 2.07. The highest BCUT2D eigenvalue weighted by Crippen LogP contribution is 2.23. The molecule has 4 heteroatoms. The fourth-order valence-electron chi connectivity index (χ4n) is 1.60. The third-order valence-electron chi connectivity index (χ3n) is 2.54. The maximum Gasteiger partial charge on any atom is 0.149 e. The number of aromatic nitrogens is 1. The highest BCUT2D eigenvalue weighted by molar-refractivity contribution is 6.30. The van der Waals surface area contributed by atoms with Crippen LogP contribution in [-0.4, -0.2) is 4.98 Å². The third kappa shape index (κ3) is 2.88. The first-order valence-corrected chi connectivity index (χ1v) is 5.77. The van der Waals surface area contributed by atoms with Gasteiger partial charge in [-0.25, -0.2) is 4.98 Å². The van der Waals surface area contributed by atoms with Gasteiger partial charge >= 0.3 is 0 Å². The molecule has 1 atom stereocenters. The summed E-state index contributed by atoms with van der Waals surface area (Å²) in [4.78, 5) is 4.20. The van der Waals surface area contributed by atoms with Gasteiger partial charge in [-0.1, -0.05) is 23.7 Å². The molecule has 1 aromatic heterocycles. The van der Waals surface area contributed by atoms with Gasteiger partial charge in [0.15, 0.2) is 0 Å². The smallest absolute Gasteiger partial charge is 0.149 e. The van der Waals surface area contributed by atoms with Crippen molar-refractivity contribution in [2.45, 2.75) is 13.0 Å². The number of nitrogens with one attached hydrogen (secondary N) is 1. The van der Waals surface area contributed by atoms with Crippen LogP contribution in [0.4, 0.5) is 11.5 Å². The number of anilines is 2. The van der Waals surface area contributed by atoms with Crippen molar-refractivity contribution in [1.29, 1.82) is 0 Å². The lowest BCUT2D eigenvalue weighted by Crippen LogP contribution is -2.09. The minimum Gasteiger partial charge on any atom is -0.396 e. The molecule has 88 valence electrons. The maximum atomic E-state index is 5.96. The van der Waals surface area contributed by atoms with Crippen LogP contribution in [0.3, 0.4) is 0 Å². The van der Waals surface area contributed by atoms with E-state index in [1.54, 1.807) is 6.20 Å². The van der Waals surface area contributed by atoms with Gasteiger partial charge in [0.25, 0.3) is 0 Å². The van der Waals surface area contributed by atoms with Crippen molar-refractivity contribution in [3.63, 3.8) is 0 Å². The van der Waals surface area contributed by atoms with E-state index in [0.29, 0.717) is 11.5 Å². The molecule has 2 rings (SSSR count). The van der Waals surface area contributed by atoms with Crippen LogP contribution in [0.15, 0.2) is 42.6 Å². The van der Waals surface area contributed by atoms with E-state index in [1.807, 2.05) is 43.3 Å². The Labute approximate surface area is 106 Å². The molecular weight excluding hydrogens is 234 g/mol. The summed E-state index contributed by atoms with van der Waals surface area (Å²) >= 11 is 5.96. The molecule has 3 nitrogen and oxygen atoms in total. The Balaban J connectivity index is 2.17. The molecule has 0 fully saturated rings. The number of nitrogen functional groups attached to an aromatic ring is 1. The SMILES string of the molecule is CC(Nc1ncccc1N)c1cccc(Cl)c1. The van der Waals surface area contributed by atoms with Crippen LogP contribution in [-0.2, 0) is 0 Å². The van der Waals surface area contributed by atoms with Crippen molar-refractivity contribution < 1.29 is 0 Å². The molecule has 0 spiro atoms. The van der Waals surface area contributed by atoms with Crippen molar-refractivity contribution in [3.05, 3.63) is 53.2 Å². The fraction of sp³-hybridized carbons (Fsp3) is 0.154. The molecule has 0 amide bonds. The maximum absolute atomic E-state index is 5.96. The van der Waals surface area contributed by atoms with Crippen LogP contribution in [0, 0.1) is 0 Å². The minimum absolute atomic E-state index is 0.103. The van der Waals surface area contributed by atoms with Gasteiger partial charge in [0, 0.05) is 11.2 Å². The zero-order valence-electron chi connectivity index (χ0n) is 9.52. The molecule has 0 saturated carbocycles. The predicted octanol–water partition coefficient (Wildman–Crippen LogP) is 3.49. The van der Waals surface area contributed by atoms with Gasteiger partial charge in [-0.3, -0.25) is 0 Å². The van der Waals surface area contributed by atoms with Crippen molar-refractivity contribution in [2.24, 2.45) is 0 Å². The summed E-state index contributed by atoms with van der Waals surface area (Å²) < 4.78 is 0. The normalized spacial score (nSPS) is 12.1. The highest BCUT2D eigenvalue weighted by atomic mass is 35.5. The number of nitrogens with zero attached hydrogens (tertiary/aromatic N) is 1. The second-order valence-corrected chi connectivity index (χ2v) is 4.30. The van der Waals surface area contributed by atoms with E-state index in [2.05, 4.69) is 10.3 Å².